The molecule has 3 rings (SSSR count). The topological polar surface area (TPSA) is 115 Å². The zero-order valence-corrected chi connectivity index (χ0v) is 15.3. The van der Waals surface area contributed by atoms with E-state index in [0.717, 1.165) is 0 Å². The Morgan fingerprint density at radius 3 is 2.65 bits per heavy atom. The van der Waals surface area contributed by atoms with Gasteiger partial charge in [0.1, 0.15) is 0 Å². The van der Waals surface area contributed by atoms with Crippen molar-refractivity contribution >= 4 is 17.1 Å². The maximum Gasteiger partial charge on any atom is 0.329 e. The van der Waals surface area contributed by atoms with Gasteiger partial charge < -0.3 is 24.0 Å². The van der Waals surface area contributed by atoms with E-state index >= 15 is 0 Å². The number of nitrogens with one attached hydrogen (secondary N) is 1. The van der Waals surface area contributed by atoms with Crippen molar-refractivity contribution in [3.05, 3.63) is 20.8 Å². The number of nitrogens with zero attached hydrogens (tertiary/aromatic N) is 4. The largest absolute Gasteiger partial charge is 0.389 e. The van der Waals surface area contributed by atoms with Crippen LogP contribution in [0.4, 0.5) is 5.95 Å². The van der Waals surface area contributed by atoms with Gasteiger partial charge in [-0.1, -0.05) is 0 Å². The van der Waals surface area contributed by atoms with Crippen molar-refractivity contribution in [2.75, 3.05) is 37.8 Å². The van der Waals surface area contributed by atoms with Gasteiger partial charge in [0.05, 0.1) is 38.6 Å². The predicted molar refractivity (Wildman–Crippen MR) is 95.7 cm³/mol. The number of ether oxygens (including phenoxy) is 2. The normalized spacial score (nSPS) is 16.6. The minimum Gasteiger partial charge on any atom is -0.389 e. The maximum atomic E-state index is 12.4. The Kier molecular flexibility index (Phi) is 5.44. The number of imidazole rings is 1. The number of anilines is 1. The maximum absolute atomic E-state index is 12.4. The lowest BCUT2D eigenvalue weighted by molar-refractivity contribution is -0.000243. The van der Waals surface area contributed by atoms with Crippen LogP contribution in [0.5, 0.6) is 0 Å². The first kappa shape index (κ1) is 18.6. The molecule has 144 valence electrons. The molecule has 0 saturated carbocycles. The lowest BCUT2D eigenvalue weighted by Crippen LogP contribution is -2.39. The summed E-state index contributed by atoms with van der Waals surface area (Å²) in [5.41, 5.74) is -0.495. The minimum atomic E-state index is -0.814. The summed E-state index contributed by atoms with van der Waals surface area (Å²) in [5, 5.41) is 10.4. The molecule has 0 aliphatic carbocycles. The Labute approximate surface area is 150 Å². The number of aryl methyl sites for hydroxylation is 1. The summed E-state index contributed by atoms with van der Waals surface area (Å²) >= 11 is 0. The van der Waals surface area contributed by atoms with Crippen molar-refractivity contribution in [3.63, 3.8) is 0 Å². The second kappa shape index (κ2) is 7.60. The molecule has 10 heteroatoms. The highest BCUT2D eigenvalue weighted by atomic mass is 16.5. The number of morpholine rings is 1. The van der Waals surface area contributed by atoms with Crippen molar-refractivity contribution in [1.82, 2.24) is 19.1 Å². The van der Waals surface area contributed by atoms with E-state index in [1.807, 2.05) is 18.7 Å². The number of aliphatic hydroxyl groups is 1. The third-order valence-corrected chi connectivity index (χ3v) is 4.30. The van der Waals surface area contributed by atoms with Crippen LogP contribution >= 0.6 is 0 Å². The summed E-state index contributed by atoms with van der Waals surface area (Å²) in [4.78, 5) is 33.2. The fourth-order valence-electron chi connectivity index (χ4n) is 2.97. The van der Waals surface area contributed by atoms with E-state index < -0.39 is 17.4 Å². The van der Waals surface area contributed by atoms with Crippen LogP contribution in [0.2, 0.25) is 0 Å². The molecule has 26 heavy (non-hydrogen) atoms. The van der Waals surface area contributed by atoms with E-state index in [4.69, 9.17) is 9.47 Å². The standard InChI is InChI=1S/C16H25N5O5/c1-10(2)26-9-11(22)8-21-12-13(19(3)16(24)18-14(12)23)17-15(21)20-4-6-25-7-5-20/h10-11,22H,4-9H2,1-3H3,(H,18,23,24). The first-order chi connectivity index (χ1) is 12.4. The van der Waals surface area contributed by atoms with Crippen LogP contribution in [0.1, 0.15) is 13.8 Å². The third-order valence-electron chi connectivity index (χ3n) is 4.30. The molecule has 1 atom stereocenters. The van der Waals surface area contributed by atoms with Crippen molar-refractivity contribution in [2.45, 2.75) is 32.6 Å². The van der Waals surface area contributed by atoms with Crippen LogP contribution in [-0.4, -0.2) is 69.3 Å². The van der Waals surface area contributed by atoms with Gasteiger partial charge in [-0.05, 0) is 13.8 Å². The van der Waals surface area contributed by atoms with Gasteiger partial charge in [-0.2, -0.15) is 4.98 Å². The summed E-state index contributed by atoms with van der Waals surface area (Å²) in [7, 11) is 1.55. The van der Waals surface area contributed by atoms with Crippen molar-refractivity contribution in [1.29, 1.82) is 0 Å². The SMILES string of the molecule is CC(C)OCC(O)Cn1c(N2CCOCC2)nc2c1c(=O)[nH]c(=O)n2C. The molecule has 0 amide bonds. The second-order valence-electron chi connectivity index (χ2n) is 6.65. The van der Waals surface area contributed by atoms with Gasteiger partial charge in [0.25, 0.3) is 5.56 Å². The molecule has 0 bridgehead atoms. The number of hydrogen-bond acceptors (Lipinski definition) is 7. The minimum absolute atomic E-state index is 0.00730. The van der Waals surface area contributed by atoms with E-state index in [2.05, 4.69) is 9.97 Å². The summed E-state index contributed by atoms with van der Waals surface area (Å²) in [6, 6.07) is 0. The number of hydrogen-bond donors (Lipinski definition) is 2. The van der Waals surface area contributed by atoms with Gasteiger partial charge in [0, 0.05) is 20.1 Å². The van der Waals surface area contributed by atoms with Crippen LogP contribution in [0, 0.1) is 0 Å². The Balaban J connectivity index is 2.06. The monoisotopic (exact) mass is 367 g/mol. The Bertz CT molecular complexity index is 878. The van der Waals surface area contributed by atoms with Gasteiger partial charge in [0.15, 0.2) is 11.2 Å². The molecular weight excluding hydrogens is 342 g/mol. The number of H-pyrrole nitrogens is 1. The molecule has 10 nitrogen and oxygen atoms in total. The molecule has 2 aromatic heterocycles. The highest BCUT2D eigenvalue weighted by Crippen LogP contribution is 2.21. The molecule has 0 aromatic carbocycles. The average Bonchev–Trinajstić information content (AvgIpc) is 2.98. The van der Waals surface area contributed by atoms with Crippen LogP contribution in [0.3, 0.4) is 0 Å². The number of fused-ring (bicyclic) bond motifs is 1. The van der Waals surface area contributed by atoms with Crippen LogP contribution in [-0.2, 0) is 23.1 Å². The predicted octanol–water partition coefficient (Wildman–Crippen LogP) is -0.954. The highest BCUT2D eigenvalue weighted by Gasteiger charge is 2.24. The molecule has 1 fully saturated rings. The van der Waals surface area contributed by atoms with Crippen LogP contribution < -0.4 is 16.1 Å². The van der Waals surface area contributed by atoms with Gasteiger partial charge in [-0.25, -0.2) is 4.79 Å². The Hall–Kier alpha value is -2.17. The van der Waals surface area contributed by atoms with E-state index in [9.17, 15) is 14.7 Å². The van der Waals surface area contributed by atoms with Crippen molar-refractivity contribution < 1.29 is 14.6 Å². The van der Waals surface area contributed by atoms with Crippen molar-refractivity contribution in [3.8, 4) is 0 Å². The van der Waals surface area contributed by atoms with Gasteiger partial charge >= 0.3 is 5.69 Å². The van der Waals surface area contributed by atoms with Crippen LogP contribution in [0.15, 0.2) is 9.59 Å². The zero-order valence-electron chi connectivity index (χ0n) is 15.3. The lowest BCUT2D eigenvalue weighted by atomic mass is 10.3. The summed E-state index contributed by atoms with van der Waals surface area (Å²) in [5.74, 6) is 0.540. The van der Waals surface area contributed by atoms with Gasteiger partial charge in [0.2, 0.25) is 5.95 Å². The van der Waals surface area contributed by atoms with Gasteiger partial charge in [-0.15, -0.1) is 0 Å². The molecule has 1 unspecified atom stereocenters. The summed E-state index contributed by atoms with van der Waals surface area (Å²) in [6.45, 7) is 6.40. The van der Waals surface area contributed by atoms with Crippen molar-refractivity contribution in [2.24, 2.45) is 7.05 Å². The smallest absolute Gasteiger partial charge is 0.329 e. The molecule has 1 saturated heterocycles. The van der Waals surface area contributed by atoms with Gasteiger partial charge in [-0.3, -0.25) is 14.3 Å². The fourth-order valence-corrected chi connectivity index (χ4v) is 2.97. The molecule has 3 heterocycles. The first-order valence-electron chi connectivity index (χ1n) is 8.70. The molecule has 2 aromatic rings. The average molecular weight is 367 g/mol. The number of aliphatic hydroxyl groups excluding tert-OH is 1. The third kappa shape index (κ3) is 3.67. The molecule has 2 N–H and O–H groups in total. The highest BCUT2D eigenvalue weighted by molar-refractivity contribution is 5.74. The Morgan fingerprint density at radius 1 is 1.31 bits per heavy atom. The lowest BCUT2D eigenvalue weighted by Gasteiger charge is -2.28. The number of aromatic amines is 1. The zero-order chi connectivity index (χ0) is 18.8. The van der Waals surface area contributed by atoms with E-state index in [-0.39, 0.29) is 30.4 Å². The summed E-state index contributed by atoms with van der Waals surface area (Å²) in [6.07, 6.45) is -0.821. The fraction of sp³-hybridized carbons (Fsp3) is 0.688. The van der Waals surface area contributed by atoms with E-state index in [1.165, 1.54) is 4.57 Å². The Morgan fingerprint density at radius 2 is 2.00 bits per heavy atom. The van der Waals surface area contributed by atoms with E-state index in [0.29, 0.717) is 32.3 Å². The number of rotatable bonds is 6. The second-order valence-corrected chi connectivity index (χ2v) is 6.65. The molecule has 1 aliphatic heterocycles. The molecule has 0 radical (unpaired) electrons. The molecular formula is C16H25N5O5. The first-order valence-corrected chi connectivity index (χ1v) is 8.70. The quantitative estimate of drug-likeness (QED) is 0.676. The van der Waals surface area contributed by atoms with Crippen LogP contribution in [0.25, 0.3) is 11.2 Å². The molecule has 0 spiro atoms. The number of aromatic nitrogens is 4. The molecule has 1 aliphatic rings. The van der Waals surface area contributed by atoms with E-state index in [1.54, 1.807) is 11.6 Å². The summed E-state index contributed by atoms with van der Waals surface area (Å²) < 4.78 is 13.8.